The predicted octanol–water partition coefficient (Wildman–Crippen LogP) is 10.3. The van der Waals surface area contributed by atoms with Crippen LogP contribution in [-0.4, -0.2) is 11.7 Å². The maximum Gasteiger partial charge on any atom is 0.286 e. The van der Waals surface area contributed by atoms with Gasteiger partial charge in [0.1, 0.15) is 0 Å². The lowest BCUT2D eigenvalue weighted by atomic mass is 9.91. The summed E-state index contributed by atoms with van der Waals surface area (Å²) in [6.45, 7) is 18.2. The van der Waals surface area contributed by atoms with E-state index in [9.17, 15) is 9.70 Å². The Morgan fingerprint density at radius 1 is 0.889 bits per heavy atom. The third-order valence-corrected chi connectivity index (χ3v) is 8.78. The van der Waals surface area contributed by atoms with Crippen molar-refractivity contribution in [1.82, 2.24) is 0 Å². The summed E-state index contributed by atoms with van der Waals surface area (Å²) in [5.41, 5.74) is 6.38. The molecule has 1 aromatic rings. The molecule has 0 aromatic heterocycles. The Hall–Kier alpha value is -1.42. The molecule has 0 aliphatic heterocycles. The molecule has 204 valence electrons. The maximum absolute atomic E-state index is 11.3. The highest BCUT2D eigenvalue weighted by Gasteiger charge is 2.12. The van der Waals surface area contributed by atoms with Crippen LogP contribution in [0, 0.1) is 43.4 Å². The van der Waals surface area contributed by atoms with Gasteiger partial charge in [-0.05, 0) is 93.0 Å². The van der Waals surface area contributed by atoms with Gasteiger partial charge in [-0.15, -0.1) is 16.7 Å². The summed E-state index contributed by atoms with van der Waals surface area (Å²) in [4.78, 5) is 23.0. The lowest BCUT2D eigenvalue weighted by molar-refractivity contribution is -0.117. The van der Waals surface area contributed by atoms with Crippen LogP contribution in [0.3, 0.4) is 0 Å². The van der Waals surface area contributed by atoms with E-state index in [1.807, 2.05) is 11.8 Å². The topological polar surface area (TPSA) is 46.5 Å². The highest BCUT2D eigenvalue weighted by molar-refractivity contribution is 7.99. The molecular formula is C32H53NO2S. The molecule has 0 aliphatic rings. The number of amides is 1. The van der Waals surface area contributed by atoms with Crippen molar-refractivity contribution in [3.8, 4) is 0 Å². The number of hydrogen-bond donors (Lipinski definition) is 0. The monoisotopic (exact) mass is 515 g/mol. The number of benzene rings is 1. The molecule has 0 aliphatic carbocycles. The lowest BCUT2D eigenvalue weighted by Gasteiger charge is -2.16. The minimum atomic E-state index is -0.568. The number of allylic oxidation sites excluding steroid dienone is 1. The molecule has 4 heteroatoms. The fourth-order valence-corrected chi connectivity index (χ4v) is 6.17. The molecule has 3 nitrogen and oxygen atoms in total. The molecule has 0 fully saturated rings. The van der Waals surface area contributed by atoms with Gasteiger partial charge in [0.15, 0.2) is 0 Å². The zero-order valence-corrected chi connectivity index (χ0v) is 25.4. The van der Waals surface area contributed by atoms with Crippen LogP contribution in [-0.2, 0) is 11.2 Å². The van der Waals surface area contributed by atoms with E-state index in [-0.39, 0.29) is 6.42 Å². The van der Waals surface area contributed by atoms with Gasteiger partial charge in [0.25, 0.3) is 5.91 Å². The molecule has 0 saturated carbocycles. The Kier molecular flexibility index (Phi) is 16.2. The lowest BCUT2D eigenvalue weighted by Crippen LogP contribution is -2.02. The van der Waals surface area contributed by atoms with Crippen molar-refractivity contribution in [1.29, 1.82) is 0 Å². The van der Waals surface area contributed by atoms with Crippen LogP contribution in [0.5, 0.6) is 0 Å². The van der Waals surface area contributed by atoms with Gasteiger partial charge in [0.05, 0.1) is 0 Å². The zero-order valence-electron chi connectivity index (χ0n) is 24.5. The summed E-state index contributed by atoms with van der Waals surface area (Å²) in [6, 6.07) is 2.23. The summed E-state index contributed by atoms with van der Waals surface area (Å²) < 4.78 is 0. The van der Waals surface area contributed by atoms with E-state index in [1.54, 1.807) is 0 Å². The molecule has 0 spiro atoms. The van der Waals surface area contributed by atoms with E-state index < -0.39 is 5.91 Å². The van der Waals surface area contributed by atoms with Crippen LogP contribution < -0.4 is 0 Å². The minimum Gasteiger partial charge on any atom is -0.269 e. The SMILES string of the molecule is C/C(=C\CSc1cc(C)c(CCC(=O)N=O)c(C)c1C)CCCC(C)CCCC(C)CCCC(C)C. The fourth-order valence-electron chi connectivity index (χ4n) is 4.99. The smallest absolute Gasteiger partial charge is 0.269 e. The first kappa shape index (κ1) is 32.6. The average molecular weight is 516 g/mol. The number of rotatable bonds is 18. The van der Waals surface area contributed by atoms with E-state index in [1.165, 1.54) is 90.5 Å². The van der Waals surface area contributed by atoms with Crippen molar-refractivity contribution >= 4 is 17.7 Å². The molecule has 1 amide bonds. The fraction of sp³-hybridized carbons (Fsp3) is 0.719. The van der Waals surface area contributed by atoms with Gasteiger partial charge in [-0.25, -0.2) is 0 Å². The summed E-state index contributed by atoms with van der Waals surface area (Å²) in [5, 5.41) is 2.52. The first-order valence-electron chi connectivity index (χ1n) is 14.3. The van der Waals surface area contributed by atoms with Crippen LogP contribution in [0.4, 0.5) is 0 Å². The van der Waals surface area contributed by atoms with Gasteiger partial charge >= 0.3 is 0 Å². The van der Waals surface area contributed by atoms with Crippen LogP contribution in [0.2, 0.25) is 0 Å². The van der Waals surface area contributed by atoms with Gasteiger partial charge in [-0.1, -0.05) is 84.3 Å². The molecule has 1 aromatic carbocycles. The number of aryl methyl sites for hydroxylation is 1. The molecule has 0 saturated heterocycles. The van der Waals surface area contributed by atoms with Crippen LogP contribution >= 0.6 is 11.8 Å². The number of thioether (sulfide) groups is 1. The first-order valence-corrected chi connectivity index (χ1v) is 15.3. The number of carbonyl (C=O) groups excluding carboxylic acids is 1. The molecular weight excluding hydrogens is 462 g/mol. The van der Waals surface area contributed by atoms with Crippen LogP contribution in [0.1, 0.15) is 121 Å². The van der Waals surface area contributed by atoms with Crippen LogP contribution in [0.25, 0.3) is 0 Å². The predicted molar refractivity (Wildman–Crippen MR) is 159 cm³/mol. The van der Waals surface area contributed by atoms with Crippen molar-refractivity contribution < 1.29 is 4.79 Å². The largest absolute Gasteiger partial charge is 0.286 e. The molecule has 0 radical (unpaired) electrons. The molecule has 36 heavy (non-hydrogen) atoms. The highest BCUT2D eigenvalue weighted by Crippen LogP contribution is 2.31. The van der Waals surface area contributed by atoms with Crippen molar-refractivity contribution in [2.75, 3.05) is 5.75 Å². The summed E-state index contributed by atoms with van der Waals surface area (Å²) >= 11 is 1.89. The van der Waals surface area contributed by atoms with Gasteiger partial charge < -0.3 is 0 Å². The normalized spacial score (nSPS) is 13.8. The minimum absolute atomic E-state index is 0.190. The second-order valence-electron chi connectivity index (χ2n) is 11.6. The van der Waals surface area contributed by atoms with E-state index in [4.69, 9.17) is 0 Å². The molecule has 1 rings (SSSR count). The van der Waals surface area contributed by atoms with Crippen molar-refractivity contribution in [2.24, 2.45) is 22.9 Å². The Bertz CT molecular complexity index is 843. The van der Waals surface area contributed by atoms with Crippen molar-refractivity contribution in [3.63, 3.8) is 0 Å². The Labute approximate surface area is 226 Å². The van der Waals surface area contributed by atoms with Crippen molar-refractivity contribution in [2.45, 2.75) is 131 Å². The van der Waals surface area contributed by atoms with Gasteiger partial charge in [-0.3, -0.25) is 4.79 Å². The Morgan fingerprint density at radius 2 is 1.47 bits per heavy atom. The van der Waals surface area contributed by atoms with E-state index in [0.29, 0.717) is 6.42 Å². The molecule has 0 heterocycles. The maximum atomic E-state index is 11.3. The first-order chi connectivity index (χ1) is 17.0. The third-order valence-electron chi connectivity index (χ3n) is 7.71. The number of hydrogen-bond acceptors (Lipinski definition) is 3. The zero-order chi connectivity index (χ0) is 27.1. The van der Waals surface area contributed by atoms with Crippen molar-refractivity contribution in [3.05, 3.63) is 44.9 Å². The number of nitroso groups, excluding NO2 is 1. The Morgan fingerprint density at radius 3 is 2.06 bits per heavy atom. The highest BCUT2D eigenvalue weighted by atomic mass is 32.2. The van der Waals surface area contributed by atoms with Gasteiger partial charge in [0, 0.05) is 22.2 Å². The molecule has 2 unspecified atom stereocenters. The molecule has 2 atom stereocenters. The van der Waals surface area contributed by atoms with E-state index in [2.05, 4.69) is 72.7 Å². The number of nitrogens with zero attached hydrogens (tertiary/aromatic N) is 1. The van der Waals surface area contributed by atoms with E-state index in [0.717, 1.165) is 23.5 Å². The van der Waals surface area contributed by atoms with E-state index >= 15 is 0 Å². The van der Waals surface area contributed by atoms with Gasteiger partial charge in [0.2, 0.25) is 0 Å². The average Bonchev–Trinajstić information content (AvgIpc) is 2.81. The quantitative estimate of drug-likeness (QED) is 0.111. The number of carbonyl (C=O) groups is 1. The molecule has 0 bridgehead atoms. The molecule has 0 N–H and O–H groups in total. The summed E-state index contributed by atoms with van der Waals surface area (Å²) in [7, 11) is 0. The van der Waals surface area contributed by atoms with Crippen LogP contribution in [0.15, 0.2) is 27.8 Å². The summed E-state index contributed by atoms with van der Waals surface area (Å²) in [6.07, 6.45) is 15.3. The Balaban J connectivity index is 2.36. The second kappa shape index (κ2) is 17.9. The standard InChI is InChI=1S/C32H53NO2S/c1-23(2)12-9-13-24(3)14-10-15-25(4)16-11-17-26(5)20-21-36-31-22-27(6)30(28(7)29(31)8)18-19-32(34)33-35/h20,22-25H,9-19,21H2,1-8H3/b26-20+. The second-order valence-corrected chi connectivity index (χ2v) is 12.7. The summed E-state index contributed by atoms with van der Waals surface area (Å²) in [5.74, 6) is 2.98. The van der Waals surface area contributed by atoms with Gasteiger partial charge in [-0.2, -0.15) is 0 Å². The third kappa shape index (κ3) is 13.2.